The van der Waals surface area contributed by atoms with Crippen molar-refractivity contribution in [3.05, 3.63) is 35.7 Å². The number of hydrogen-bond acceptors (Lipinski definition) is 6. The van der Waals surface area contributed by atoms with Gasteiger partial charge in [-0.25, -0.2) is 18.5 Å². The van der Waals surface area contributed by atoms with Gasteiger partial charge in [-0.3, -0.25) is 0 Å². The number of nitrogens with two attached hydrogens (primary N) is 1. The first kappa shape index (κ1) is 14.4. The first-order valence-electron chi connectivity index (χ1n) is 6.71. The lowest BCUT2D eigenvalue weighted by atomic mass is 10.1. The van der Waals surface area contributed by atoms with Crippen LogP contribution in [0.1, 0.15) is 30.1 Å². The van der Waals surface area contributed by atoms with E-state index in [0.717, 1.165) is 29.5 Å². The number of benzene rings is 1. The molecular formula is C13H16N4O2S2. The van der Waals surface area contributed by atoms with Gasteiger partial charge in [0.25, 0.3) is 0 Å². The predicted molar refractivity (Wildman–Crippen MR) is 81.9 cm³/mol. The zero-order valence-corrected chi connectivity index (χ0v) is 13.0. The van der Waals surface area contributed by atoms with Crippen molar-refractivity contribution in [3.63, 3.8) is 0 Å². The number of hydrogen-bond donors (Lipinski definition) is 2. The molecule has 2 aromatic rings. The third kappa shape index (κ3) is 3.78. The first-order valence-corrected chi connectivity index (χ1v) is 9.03. The molecule has 1 aliphatic rings. The molecule has 1 heterocycles. The van der Waals surface area contributed by atoms with Crippen molar-refractivity contribution < 1.29 is 8.42 Å². The molecule has 0 spiro atoms. The van der Waals surface area contributed by atoms with E-state index in [1.165, 1.54) is 36.5 Å². The average molecular weight is 324 g/mol. The van der Waals surface area contributed by atoms with E-state index in [4.69, 9.17) is 5.14 Å². The van der Waals surface area contributed by atoms with Crippen molar-refractivity contribution >= 4 is 26.7 Å². The zero-order valence-electron chi connectivity index (χ0n) is 11.3. The van der Waals surface area contributed by atoms with Gasteiger partial charge in [0.05, 0.1) is 4.90 Å². The summed E-state index contributed by atoms with van der Waals surface area (Å²) in [7, 11) is -3.61. The van der Waals surface area contributed by atoms with Crippen LogP contribution >= 0.6 is 11.5 Å². The maximum absolute atomic E-state index is 11.2. The maximum atomic E-state index is 11.2. The molecule has 3 N–H and O–H groups in total. The summed E-state index contributed by atoms with van der Waals surface area (Å²) in [6.07, 6.45) is 3.18. The van der Waals surface area contributed by atoms with Gasteiger partial charge in [0.15, 0.2) is 0 Å². The van der Waals surface area contributed by atoms with Gasteiger partial charge in [0, 0.05) is 24.0 Å². The highest BCUT2D eigenvalue weighted by molar-refractivity contribution is 7.89. The minimum absolute atomic E-state index is 0.136. The lowest BCUT2D eigenvalue weighted by molar-refractivity contribution is 0.598. The van der Waals surface area contributed by atoms with Gasteiger partial charge in [0.2, 0.25) is 15.2 Å². The third-order valence-corrected chi connectivity index (χ3v) is 4.94. The molecule has 0 amide bonds. The van der Waals surface area contributed by atoms with Crippen molar-refractivity contribution in [2.75, 3.05) is 11.9 Å². The Balaban J connectivity index is 1.52. The summed E-state index contributed by atoms with van der Waals surface area (Å²) in [5.41, 5.74) is 1.04. The smallest absolute Gasteiger partial charge is 0.238 e. The number of sulfonamides is 1. The Morgan fingerprint density at radius 3 is 2.62 bits per heavy atom. The fourth-order valence-corrected chi connectivity index (χ4v) is 3.16. The summed E-state index contributed by atoms with van der Waals surface area (Å²) in [5.74, 6) is 1.53. The van der Waals surface area contributed by atoms with Gasteiger partial charge in [-0.2, -0.15) is 4.37 Å². The number of primary sulfonamides is 1. The molecule has 21 heavy (non-hydrogen) atoms. The van der Waals surface area contributed by atoms with E-state index >= 15 is 0 Å². The summed E-state index contributed by atoms with van der Waals surface area (Å²) >= 11 is 1.39. The standard InChI is InChI=1S/C13H16N4O2S2/c14-21(18,19)11-5-1-9(2-6-11)7-8-15-13-16-12(17-20-13)10-3-4-10/h1-2,5-6,10H,3-4,7-8H2,(H2,14,18,19)(H,15,16,17). The zero-order chi connectivity index (χ0) is 14.9. The van der Waals surface area contributed by atoms with Crippen LogP contribution in [0.4, 0.5) is 5.13 Å². The fourth-order valence-electron chi connectivity index (χ4n) is 1.97. The summed E-state index contributed by atoms with van der Waals surface area (Å²) in [6.45, 7) is 0.730. The quantitative estimate of drug-likeness (QED) is 0.843. The highest BCUT2D eigenvalue weighted by atomic mass is 32.2. The molecule has 112 valence electrons. The summed E-state index contributed by atoms with van der Waals surface area (Å²) in [5, 5.41) is 9.15. The van der Waals surface area contributed by atoms with E-state index in [-0.39, 0.29) is 4.90 Å². The molecule has 3 rings (SSSR count). The van der Waals surface area contributed by atoms with Crippen LogP contribution in [0.15, 0.2) is 29.2 Å². The maximum Gasteiger partial charge on any atom is 0.238 e. The molecule has 0 radical (unpaired) electrons. The Morgan fingerprint density at radius 1 is 1.29 bits per heavy atom. The largest absolute Gasteiger partial charge is 0.360 e. The molecule has 1 aromatic carbocycles. The van der Waals surface area contributed by atoms with E-state index < -0.39 is 10.0 Å². The van der Waals surface area contributed by atoms with Crippen LogP contribution in [0.5, 0.6) is 0 Å². The van der Waals surface area contributed by atoms with E-state index in [1.54, 1.807) is 12.1 Å². The molecule has 1 saturated carbocycles. The number of nitrogens with one attached hydrogen (secondary N) is 1. The molecule has 8 heteroatoms. The van der Waals surface area contributed by atoms with Crippen LogP contribution in [-0.4, -0.2) is 24.3 Å². The number of rotatable bonds is 6. The van der Waals surface area contributed by atoms with E-state index in [2.05, 4.69) is 14.7 Å². The molecule has 6 nitrogen and oxygen atoms in total. The Morgan fingerprint density at radius 2 is 2.00 bits per heavy atom. The predicted octanol–water partition coefficient (Wildman–Crippen LogP) is 1.72. The van der Waals surface area contributed by atoms with Gasteiger partial charge in [-0.05, 0) is 37.0 Å². The molecule has 1 aromatic heterocycles. The van der Waals surface area contributed by atoms with Crippen LogP contribution < -0.4 is 10.5 Å². The minimum atomic E-state index is -3.61. The van der Waals surface area contributed by atoms with Crippen molar-refractivity contribution in [2.24, 2.45) is 5.14 Å². The van der Waals surface area contributed by atoms with Gasteiger partial charge >= 0.3 is 0 Å². The second kappa shape index (κ2) is 5.70. The Bertz CT molecular complexity index is 721. The number of nitrogens with zero attached hydrogens (tertiary/aromatic N) is 2. The van der Waals surface area contributed by atoms with E-state index in [0.29, 0.717) is 5.92 Å². The van der Waals surface area contributed by atoms with Crippen molar-refractivity contribution in [3.8, 4) is 0 Å². The van der Waals surface area contributed by atoms with Crippen molar-refractivity contribution in [2.45, 2.75) is 30.1 Å². The van der Waals surface area contributed by atoms with Crippen LogP contribution in [-0.2, 0) is 16.4 Å². The highest BCUT2D eigenvalue weighted by Gasteiger charge is 2.27. The molecule has 1 fully saturated rings. The normalized spacial score (nSPS) is 15.1. The van der Waals surface area contributed by atoms with Gasteiger partial charge < -0.3 is 5.32 Å². The average Bonchev–Trinajstić information content (AvgIpc) is 3.19. The van der Waals surface area contributed by atoms with Crippen molar-refractivity contribution in [1.82, 2.24) is 9.36 Å². The number of anilines is 1. The highest BCUT2D eigenvalue weighted by Crippen LogP contribution is 2.39. The Labute approximate surface area is 127 Å². The second-order valence-corrected chi connectivity index (χ2v) is 7.41. The molecule has 1 aliphatic carbocycles. The lowest BCUT2D eigenvalue weighted by Gasteiger charge is -2.04. The topological polar surface area (TPSA) is 98.0 Å². The molecule has 0 unspecified atom stereocenters. The summed E-state index contributed by atoms with van der Waals surface area (Å²) in [4.78, 5) is 4.59. The third-order valence-electron chi connectivity index (χ3n) is 3.33. The summed E-state index contributed by atoms with van der Waals surface area (Å²) in [6, 6.07) is 6.61. The minimum Gasteiger partial charge on any atom is -0.360 e. The monoisotopic (exact) mass is 324 g/mol. The van der Waals surface area contributed by atoms with Crippen LogP contribution in [0.3, 0.4) is 0 Å². The van der Waals surface area contributed by atoms with Gasteiger partial charge in [-0.15, -0.1) is 0 Å². The SMILES string of the molecule is NS(=O)(=O)c1ccc(CCNc2nc(C3CC3)ns2)cc1. The second-order valence-electron chi connectivity index (χ2n) is 5.10. The van der Waals surface area contributed by atoms with Gasteiger partial charge in [-0.1, -0.05) is 12.1 Å². The Kier molecular flexibility index (Phi) is 3.92. The Hall–Kier alpha value is -1.51. The van der Waals surface area contributed by atoms with Crippen molar-refractivity contribution in [1.29, 1.82) is 0 Å². The molecule has 0 atom stereocenters. The molecule has 0 bridgehead atoms. The van der Waals surface area contributed by atoms with Crippen LogP contribution in [0.25, 0.3) is 0 Å². The fraction of sp³-hybridized carbons (Fsp3) is 0.385. The number of aromatic nitrogens is 2. The summed E-state index contributed by atoms with van der Waals surface area (Å²) < 4.78 is 26.6. The van der Waals surface area contributed by atoms with E-state index in [1.807, 2.05) is 0 Å². The molecule has 0 saturated heterocycles. The van der Waals surface area contributed by atoms with Crippen LogP contribution in [0.2, 0.25) is 0 Å². The van der Waals surface area contributed by atoms with Crippen LogP contribution in [0, 0.1) is 0 Å². The first-order chi connectivity index (χ1) is 10.0. The molecular weight excluding hydrogens is 308 g/mol. The lowest BCUT2D eigenvalue weighted by Crippen LogP contribution is -2.12. The molecule has 0 aliphatic heterocycles. The van der Waals surface area contributed by atoms with Gasteiger partial charge in [0.1, 0.15) is 5.82 Å². The van der Waals surface area contributed by atoms with E-state index in [9.17, 15) is 8.42 Å².